The molecule has 2 N–H and O–H groups in total. The smallest absolute Gasteiger partial charge is 0.120 e. The number of nitrogens with one attached hydrogen (secondary N) is 1. The molecule has 0 aliphatic carbocycles. The quantitative estimate of drug-likeness (QED) is 0.730. The van der Waals surface area contributed by atoms with Crippen molar-refractivity contribution in [3.8, 4) is 5.75 Å². The fraction of sp³-hybridized carbons (Fsp3) is 0.571. The van der Waals surface area contributed by atoms with Crippen molar-refractivity contribution in [1.82, 2.24) is 5.32 Å². The highest BCUT2D eigenvalue weighted by Crippen LogP contribution is 2.17. The Morgan fingerprint density at radius 1 is 1.37 bits per heavy atom. The van der Waals surface area contributed by atoms with E-state index in [-0.39, 0.29) is 12.7 Å². The molecule has 1 rings (SSSR count). The van der Waals surface area contributed by atoms with Gasteiger partial charge < -0.3 is 19.9 Å². The summed E-state index contributed by atoms with van der Waals surface area (Å²) in [6, 6.07) is 7.12. The van der Waals surface area contributed by atoms with Crippen molar-refractivity contribution in [2.75, 3.05) is 26.3 Å². The van der Waals surface area contributed by atoms with Crippen molar-refractivity contribution in [2.24, 2.45) is 0 Å². The lowest BCUT2D eigenvalue weighted by Crippen LogP contribution is -2.35. The fourth-order valence-corrected chi connectivity index (χ4v) is 1.79. The van der Waals surface area contributed by atoms with E-state index in [2.05, 4.69) is 5.32 Å². The van der Waals surface area contributed by atoms with Gasteiger partial charge in [0.15, 0.2) is 0 Å². The average molecular weight is 288 g/mol. The van der Waals surface area contributed by atoms with Crippen LogP contribution in [0.4, 0.5) is 0 Å². The standard InChI is InChI=1S/C14H22ClNO3/c1-3-18-11(2)8-16-9-13(17)10-19-14-6-4-5-12(15)7-14/h4-7,11,13,16-17H,3,8-10H2,1-2H3. The van der Waals surface area contributed by atoms with E-state index in [1.54, 1.807) is 12.1 Å². The highest BCUT2D eigenvalue weighted by Gasteiger charge is 2.07. The van der Waals surface area contributed by atoms with E-state index in [9.17, 15) is 5.11 Å². The maximum absolute atomic E-state index is 9.76. The van der Waals surface area contributed by atoms with Gasteiger partial charge in [0, 0.05) is 24.7 Å². The summed E-state index contributed by atoms with van der Waals surface area (Å²) in [4.78, 5) is 0. The molecule has 2 unspecified atom stereocenters. The molecule has 0 saturated carbocycles. The third-order valence-electron chi connectivity index (χ3n) is 2.50. The molecule has 1 aromatic carbocycles. The van der Waals surface area contributed by atoms with Gasteiger partial charge in [0.25, 0.3) is 0 Å². The predicted molar refractivity (Wildman–Crippen MR) is 76.9 cm³/mol. The van der Waals surface area contributed by atoms with Gasteiger partial charge in [0.1, 0.15) is 18.5 Å². The maximum Gasteiger partial charge on any atom is 0.120 e. The van der Waals surface area contributed by atoms with Crippen LogP contribution < -0.4 is 10.1 Å². The summed E-state index contributed by atoms with van der Waals surface area (Å²) in [5.74, 6) is 0.661. The second-order valence-electron chi connectivity index (χ2n) is 4.35. The van der Waals surface area contributed by atoms with Gasteiger partial charge >= 0.3 is 0 Å². The Kier molecular flexibility index (Phi) is 7.82. The minimum absolute atomic E-state index is 0.144. The first-order valence-electron chi connectivity index (χ1n) is 6.50. The number of aliphatic hydroxyl groups excluding tert-OH is 1. The maximum atomic E-state index is 9.76. The molecular weight excluding hydrogens is 266 g/mol. The molecule has 0 aromatic heterocycles. The molecule has 2 atom stereocenters. The SMILES string of the molecule is CCOC(C)CNCC(O)COc1cccc(Cl)c1. The molecule has 1 aromatic rings. The lowest BCUT2D eigenvalue weighted by molar-refractivity contribution is 0.0671. The zero-order valence-corrected chi connectivity index (χ0v) is 12.2. The molecule has 0 radical (unpaired) electrons. The Morgan fingerprint density at radius 2 is 2.16 bits per heavy atom. The van der Waals surface area contributed by atoms with E-state index >= 15 is 0 Å². The van der Waals surface area contributed by atoms with E-state index in [1.165, 1.54) is 0 Å². The minimum atomic E-state index is -0.562. The van der Waals surface area contributed by atoms with Crippen LogP contribution in [0.5, 0.6) is 5.75 Å². The first-order chi connectivity index (χ1) is 9.11. The first-order valence-corrected chi connectivity index (χ1v) is 6.88. The molecule has 0 aliphatic heterocycles. The summed E-state index contributed by atoms with van der Waals surface area (Å²) in [7, 11) is 0. The molecule has 0 heterocycles. The monoisotopic (exact) mass is 287 g/mol. The Morgan fingerprint density at radius 3 is 2.84 bits per heavy atom. The van der Waals surface area contributed by atoms with Gasteiger partial charge in [-0.15, -0.1) is 0 Å². The van der Waals surface area contributed by atoms with E-state index in [4.69, 9.17) is 21.1 Å². The number of rotatable bonds is 9. The third-order valence-corrected chi connectivity index (χ3v) is 2.74. The lowest BCUT2D eigenvalue weighted by Gasteiger charge is -2.16. The summed E-state index contributed by atoms with van der Waals surface area (Å²) in [5.41, 5.74) is 0. The highest BCUT2D eigenvalue weighted by atomic mass is 35.5. The van der Waals surface area contributed by atoms with Gasteiger partial charge in [-0.1, -0.05) is 17.7 Å². The summed E-state index contributed by atoms with van der Waals surface area (Å²) in [5, 5.41) is 13.5. The Labute approximate surface area is 119 Å². The van der Waals surface area contributed by atoms with Crippen LogP contribution in [0.3, 0.4) is 0 Å². The molecular formula is C14H22ClNO3. The van der Waals surface area contributed by atoms with Crippen molar-refractivity contribution in [3.05, 3.63) is 29.3 Å². The highest BCUT2D eigenvalue weighted by molar-refractivity contribution is 6.30. The summed E-state index contributed by atoms with van der Waals surface area (Å²) in [6.07, 6.45) is -0.418. The number of halogens is 1. The Hall–Kier alpha value is -0.810. The topological polar surface area (TPSA) is 50.7 Å². The molecule has 0 spiro atoms. The number of hydrogen-bond donors (Lipinski definition) is 2. The van der Waals surface area contributed by atoms with Crippen LogP contribution in [0, 0.1) is 0 Å². The Bertz CT molecular complexity index is 362. The number of benzene rings is 1. The van der Waals surface area contributed by atoms with E-state index in [0.29, 0.717) is 30.5 Å². The largest absolute Gasteiger partial charge is 0.491 e. The second-order valence-corrected chi connectivity index (χ2v) is 4.78. The van der Waals surface area contributed by atoms with Gasteiger partial charge in [-0.25, -0.2) is 0 Å². The summed E-state index contributed by atoms with van der Waals surface area (Å²) in [6.45, 7) is 6.06. The van der Waals surface area contributed by atoms with Crippen molar-refractivity contribution >= 4 is 11.6 Å². The average Bonchev–Trinajstić information content (AvgIpc) is 2.37. The number of aliphatic hydroxyl groups is 1. The van der Waals surface area contributed by atoms with Crippen LogP contribution in [0.15, 0.2) is 24.3 Å². The van der Waals surface area contributed by atoms with Gasteiger partial charge in [0.2, 0.25) is 0 Å². The molecule has 4 nitrogen and oxygen atoms in total. The van der Waals surface area contributed by atoms with Crippen LogP contribution in [0.1, 0.15) is 13.8 Å². The van der Waals surface area contributed by atoms with E-state index < -0.39 is 6.10 Å². The third kappa shape index (κ3) is 7.38. The summed E-state index contributed by atoms with van der Waals surface area (Å²) >= 11 is 5.84. The minimum Gasteiger partial charge on any atom is -0.491 e. The predicted octanol–water partition coefficient (Wildman–Crippen LogP) is 2.09. The van der Waals surface area contributed by atoms with Crippen LogP contribution >= 0.6 is 11.6 Å². The van der Waals surface area contributed by atoms with Crippen LogP contribution in [0.2, 0.25) is 5.02 Å². The van der Waals surface area contributed by atoms with Crippen molar-refractivity contribution < 1.29 is 14.6 Å². The van der Waals surface area contributed by atoms with Gasteiger partial charge in [-0.2, -0.15) is 0 Å². The van der Waals surface area contributed by atoms with E-state index in [0.717, 1.165) is 0 Å². The van der Waals surface area contributed by atoms with Gasteiger partial charge in [0.05, 0.1) is 6.10 Å². The van der Waals surface area contributed by atoms with Gasteiger partial charge in [-0.3, -0.25) is 0 Å². The molecule has 5 heteroatoms. The van der Waals surface area contributed by atoms with Crippen molar-refractivity contribution in [2.45, 2.75) is 26.1 Å². The molecule has 19 heavy (non-hydrogen) atoms. The molecule has 0 saturated heterocycles. The van der Waals surface area contributed by atoms with Crippen LogP contribution in [0.25, 0.3) is 0 Å². The fourth-order valence-electron chi connectivity index (χ4n) is 1.60. The number of hydrogen-bond acceptors (Lipinski definition) is 4. The normalized spacial score (nSPS) is 14.1. The second kappa shape index (κ2) is 9.15. The first kappa shape index (κ1) is 16.2. The Balaban J connectivity index is 2.16. The molecule has 0 fully saturated rings. The van der Waals surface area contributed by atoms with Crippen molar-refractivity contribution in [3.63, 3.8) is 0 Å². The van der Waals surface area contributed by atoms with E-state index in [1.807, 2.05) is 26.0 Å². The van der Waals surface area contributed by atoms with Crippen molar-refractivity contribution in [1.29, 1.82) is 0 Å². The molecule has 0 aliphatic rings. The van der Waals surface area contributed by atoms with Gasteiger partial charge in [-0.05, 0) is 32.0 Å². The molecule has 0 bridgehead atoms. The lowest BCUT2D eigenvalue weighted by atomic mass is 10.3. The molecule has 108 valence electrons. The zero-order valence-electron chi connectivity index (χ0n) is 11.4. The van der Waals surface area contributed by atoms with Crippen LogP contribution in [-0.2, 0) is 4.74 Å². The van der Waals surface area contributed by atoms with Crippen LogP contribution in [-0.4, -0.2) is 43.6 Å². The summed E-state index contributed by atoms with van der Waals surface area (Å²) < 4.78 is 10.8. The molecule has 0 amide bonds. The number of ether oxygens (including phenoxy) is 2. The zero-order chi connectivity index (χ0) is 14.1.